The number of hydrogen-bond donors (Lipinski definition) is 1. The summed E-state index contributed by atoms with van der Waals surface area (Å²) in [7, 11) is 1.68. The Kier molecular flexibility index (Phi) is 3.88. The number of carbonyl (C=O) groups excluding carboxylic acids is 2. The van der Waals surface area contributed by atoms with Crippen molar-refractivity contribution in [3.63, 3.8) is 0 Å². The summed E-state index contributed by atoms with van der Waals surface area (Å²) in [6.45, 7) is 0. The molecular formula is C21H20N2O2. The molecule has 0 saturated carbocycles. The Balaban J connectivity index is 1.87. The van der Waals surface area contributed by atoms with Crippen molar-refractivity contribution in [1.29, 1.82) is 0 Å². The average Bonchev–Trinajstić information content (AvgIpc) is 3.01. The van der Waals surface area contributed by atoms with Gasteiger partial charge in [-0.3, -0.25) is 14.2 Å². The van der Waals surface area contributed by atoms with Gasteiger partial charge in [-0.15, -0.1) is 0 Å². The van der Waals surface area contributed by atoms with E-state index in [9.17, 15) is 9.59 Å². The van der Waals surface area contributed by atoms with Crippen molar-refractivity contribution in [2.75, 3.05) is 7.05 Å². The highest BCUT2D eigenvalue weighted by molar-refractivity contribution is 6.04. The molecule has 4 heteroatoms. The summed E-state index contributed by atoms with van der Waals surface area (Å²) in [4.78, 5) is 25.2. The summed E-state index contributed by atoms with van der Waals surface area (Å²) < 4.78 is 1.85. The number of carbonyl (C=O) groups is 2. The highest BCUT2D eigenvalue weighted by Gasteiger charge is 2.30. The Labute approximate surface area is 146 Å². The largest absolute Gasteiger partial charge is 0.359 e. The second-order valence-electron chi connectivity index (χ2n) is 6.50. The van der Waals surface area contributed by atoms with Crippen LogP contribution in [-0.4, -0.2) is 23.4 Å². The van der Waals surface area contributed by atoms with Gasteiger partial charge in [-0.25, -0.2) is 0 Å². The van der Waals surface area contributed by atoms with Crippen LogP contribution in [0.5, 0.6) is 0 Å². The molecule has 1 aromatic heterocycles. The second kappa shape index (κ2) is 6.20. The molecule has 3 aromatic rings. The molecule has 0 fully saturated rings. The van der Waals surface area contributed by atoms with E-state index < -0.39 is 0 Å². The molecule has 0 radical (unpaired) electrons. The third kappa shape index (κ3) is 2.54. The number of rotatable bonds is 2. The van der Waals surface area contributed by atoms with Crippen LogP contribution in [0.25, 0.3) is 10.9 Å². The molecule has 1 aliphatic carbocycles. The Morgan fingerprint density at radius 2 is 1.76 bits per heavy atom. The quantitative estimate of drug-likeness (QED) is 0.783. The second-order valence-corrected chi connectivity index (χ2v) is 6.50. The minimum absolute atomic E-state index is 0.00329. The van der Waals surface area contributed by atoms with Crippen LogP contribution in [0.3, 0.4) is 0 Å². The van der Waals surface area contributed by atoms with Gasteiger partial charge in [0.25, 0.3) is 5.91 Å². The Hall–Kier alpha value is -2.88. The van der Waals surface area contributed by atoms with Gasteiger partial charge in [0.15, 0.2) is 0 Å². The molecule has 0 bridgehead atoms. The van der Waals surface area contributed by atoms with Crippen molar-refractivity contribution < 1.29 is 9.59 Å². The van der Waals surface area contributed by atoms with Gasteiger partial charge in [-0.1, -0.05) is 36.4 Å². The summed E-state index contributed by atoms with van der Waals surface area (Å²) in [6.07, 6.45) is 2.19. The zero-order chi connectivity index (χ0) is 17.4. The van der Waals surface area contributed by atoms with Crippen molar-refractivity contribution in [3.05, 3.63) is 71.4 Å². The third-order valence-electron chi connectivity index (χ3n) is 5.11. The predicted octanol–water partition coefficient (Wildman–Crippen LogP) is 3.18. The zero-order valence-electron chi connectivity index (χ0n) is 14.2. The molecular weight excluding hydrogens is 312 g/mol. The van der Waals surface area contributed by atoms with E-state index in [4.69, 9.17) is 0 Å². The van der Waals surface area contributed by atoms with Crippen LogP contribution >= 0.6 is 0 Å². The van der Waals surface area contributed by atoms with Gasteiger partial charge >= 0.3 is 0 Å². The molecule has 0 saturated heterocycles. The van der Waals surface area contributed by atoms with E-state index in [1.165, 1.54) is 0 Å². The van der Waals surface area contributed by atoms with Crippen LogP contribution in [0.2, 0.25) is 0 Å². The number of nitrogens with one attached hydrogen (secondary N) is 1. The average molecular weight is 332 g/mol. The maximum atomic E-state index is 13.1. The lowest BCUT2D eigenvalue weighted by molar-refractivity contribution is -0.124. The lowest BCUT2D eigenvalue weighted by atomic mass is 9.85. The smallest absolute Gasteiger partial charge is 0.262 e. The molecule has 1 amide bonds. The molecule has 1 N–H and O–H groups in total. The standard InChI is InChI=1S/C21H20N2O2/c1-22-20(24)15-11-12-19-17(13-15)16-9-5-6-10-18(16)23(19)21(25)14-7-3-2-4-8-14/h2-10,15H,11-13H2,1H3,(H,22,24). The summed E-state index contributed by atoms with van der Waals surface area (Å²) in [5.41, 5.74) is 3.80. The molecule has 1 unspecified atom stereocenters. The fourth-order valence-electron chi connectivity index (χ4n) is 3.88. The van der Waals surface area contributed by atoms with E-state index in [0.29, 0.717) is 12.0 Å². The van der Waals surface area contributed by atoms with Gasteiger partial charge < -0.3 is 5.32 Å². The summed E-state index contributed by atoms with van der Waals surface area (Å²) >= 11 is 0. The monoisotopic (exact) mass is 332 g/mol. The van der Waals surface area contributed by atoms with Crippen LogP contribution in [0.4, 0.5) is 0 Å². The fraction of sp³-hybridized carbons (Fsp3) is 0.238. The van der Waals surface area contributed by atoms with E-state index in [1.807, 2.05) is 53.1 Å². The Morgan fingerprint density at radius 3 is 2.52 bits per heavy atom. The first-order valence-electron chi connectivity index (χ1n) is 8.63. The molecule has 2 aromatic carbocycles. The number of benzene rings is 2. The topological polar surface area (TPSA) is 51.1 Å². The van der Waals surface area contributed by atoms with Gasteiger partial charge in [0.2, 0.25) is 5.91 Å². The summed E-state index contributed by atoms with van der Waals surface area (Å²) in [6, 6.07) is 17.4. The van der Waals surface area contributed by atoms with E-state index in [2.05, 4.69) is 11.4 Å². The zero-order valence-corrected chi connectivity index (χ0v) is 14.2. The fourth-order valence-corrected chi connectivity index (χ4v) is 3.88. The number of para-hydroxylation sites is 1. The van der Waals surface area contributed by atoms with E-state index >= 15 is 0 Å². The molecule has 4 nitrogen and oxygen atoms in total. The number of nitrogens with zero attached hydrogens (tertiary/aromatic N) is 1. The summed E-state index contributed by atoms with van der Waals surface area (Å²) in [5.74, 6) is 0.0527. The van der Waals surface area contributed by atoms with Gasteiger partial charge in [0.05, 0.1) is 5.52 Å². The van der Waals surface area contributed by atoms with Gasteiger partial charge in [-0.05, 0) is 43.0 Å². The third-order valence-corrected chi connectivity index (χ3v) is 5.11. The maximum Gasteiger partial charge on any atom is 0.262 e. The van der Waals surface area contributed by atoms with Crippen molar-refractivity contribution in [2.45, 2.75) is 19.3 Å². The van der Waals surface area contributed by atoms with Crippen LogP contribution in [0.15, 0.2) is 54.6 Å². The first-order valence-corrected chi connectivity index (χ1v) is 8.63. The SMILES string of the molecule is CNC(=O)C1CCc2c(c3ccccc3n2C(=O)c2ccccc2)C1. The Morgan fingerprint density at radius 1 is 1.04 bits per heavy atom. The lowest BCUT2D eigenvalue weighted by Crippen LogP contribution is -2.32. The first-order chi connectivity index (χ1) is 12.2. The normalized spacial score (nSPS) is 16.4. The minimum Gasteiger partial charge on any atom is -0.359 e. The number of aromatic nitrogens is 1. The molecule has 4 rings (SSSR count). The molecule has 25 heavy (non-hydrogen) atoms. The van der Waals surface area contributed by atoms with E-state index in [0.717, 1.165) is 35.0 Å². The van der Waals surface area contributed by atoms with Crippen molar-refractivity contribution >= 4 is 22.7 Å². The maximum absolute atomic E-state index is 13.1. The van der Waals surface area contributed by atoms with Crippen LogP contribution < -0.4 is 5.32 Å². The molecule has 0 aliphatic heterocycles. The lowest BCUT2D eigenvalue weighted by Gasteiger charge is -2.22. The molecule has 0 spiro atoms. The predicted molar refractivity (Wildman–Crippen MR) is 97.7 cm³/mol. The highest BCUT2D eigenvalue weighted by atomic mass is 16.2. The van der Waals surface area contributed by atoms with E-state index in [1.54, 1.807) is 7.05 Å². The van der Waals surface area contributed by atoms with E-state index in [-0.39, 0.29) is 17.7 Å². The van der Waals surface area contributed by atoms with Crippen molar-refractivity contribution in [1.82, 2.24) is 9.88 Å². The van der Waals surface area contributed by atoms with Gasteiger partial charge in [0, 0.05) is 29.6 Å². The molecule has 126 valence electrons. The van der Waals surface area contributed by atoms with Gasteiger partial charge in [-0.2, -0.15) is 0 Å². The van der Waals surface area contributed by atoms with Crippen molar-refractivity contribution in [3.8, 4) is 0 Å². The van der Waals surface area contributed by atoms with Crippen molar-refractivity contribution in [2.24, 2.45) is 5.92 Å². The molecule has 1 aliphatic rings. The minimum atomic E-state index is -0.0245. The van der Waals surface area contributed by atoms with Gasteiger partial charge in [0.1, 0.15) is 0 Å². The number of hydrogen-bond acceptors (Lipinski definition) is 2. The summed E-state index contributed by atoms with van der Waals surface area (Å²) in [5, 5.41) is 3.84. The van der Waals surface area contributed by atoms with Crippen LogP contribution in [0, 0.1) is 5.92 Å². The first kappa shape index (κ1) is 15.6. The van der Waals surface area contributed by atoms with Crippen LogP contribution in [-0.2, 0) is 17.6 Å². The number of amides is 1. The highest BCUT2D eigenvalue weighted by Crippen LogP contribution is 2.35. The molecule has 1 heterocycles. The van der Waals surface area contributed by atoms with Crippen LogP contribution in [0.1, 0.15) is 28.0 Å². The Bertz CT molecular complexity index is 957. The number of fused-ring (bicyclic) bond motifs is 3. The molecule has 1 atom stereocenters.